The van der Waals surface area contributed by atoms with Crippen molar-refractivity contribution in [3.8, 4) is 40.2 Å². The highest BCUT2D eigenvalue weighted by Crippen LogP contribution is 2.42. The molecule has 0 bridgehead atoms. The van der Waals surface area contributed by atoms with Crippen molar-refractivity contribution in [3.63, 3.8) is 0 Å². The molecule has 20 heteroatoms. The first kappa shape index (κ1) is 56.7. The van der Waals surface area contributed by atoms with Crippen LogP contribution in [-0.4, -0.2) is 132 Å². The van der Waals surface area contributed by atoms with Gasteiger partial charge in [-0.2, -0.15) is 0 Å². The van der Waals surface area contributed by atoms with Crippen molar-refractivity contribution in [3.05, 3.63) is 101 Å². The molecule has 3 heterocycles. The van der Waals surface area contributed by atoms with Crippen LogP contribution in [0.15, 0.2) is 72.8 Å². The Hall–Kier alpha value is -8.03. The lowest BCUT2D eigenvalue weighted by Crippen LogP contribution is -2.52. The molecule has 2 fully saturated rings. The first-order chi connectivity index (χ1) is 37.3. The van der Waals surface area contributed by atoms with Crippen LogP contribution in [0.2, 0.25) is 0 Å². The maximum Gasteiger partial charge on any atom is 0.329 e. The largest absolute Gasteiger partial charge is 0.493 e. The minimum atomic E-state index is -0.831. The predicted molar refractivity (Wildman–Crippen MR) is 280 cm³/mol. The molecule has 0 spiro atoms. The Bertz CT molecular complexity index is 2760. The molecule has 20 nitrogen and oxygen atoms in total. The van der Waals surface area contributed by atoms with Crippen LogP contribution in [0.4, 0.5) is 0 Å². The van der Waals surface area contributed by atoms with Gasteiger partial charge in [-0.25, -0.2) is 4.79 Å². The number of imide groups is 1. The number of esters is 1. The number of carbonyl (C=O) groups is 7. The van der Waals surface area contributed by atoms with Crippen molar-refractivity contribution in [2.24, 2.45) is 0 Å². The summed E-state index contributed by atoms with van der Waals surface area (Å²) in [6.07, 6.45) is 3.94. The number of amides is 6. The number of methoxy groups -OCH3 is 5. The van der Waals surface area contributed by atoms with Gasteiger partial charge in [0.15, 0.2) is 36.2 Å². The third kappa shape index (κ3) is 14.1. The van der Waals surface area contributed by atoms with Crippen molar-refractivity contribution in [2.75, 3.05) is 68.4 Å². The molecule has 3 aliphatic rings. The van der Waals surface area contributed by atoms with Crippen LogP contribution in [0.25, 0.3) is 0 Å². The molecule has 3 aliphatic heterocycles. The van der Waals surface area contributed by atoms with Gasteiger partial charge in [-0.3, -0.25) is 34.1 Å². The smallest absolute Gasteiger partial charge is 0.329 e. The van der Waals surface area contributed by atoms with Gasteiger partial charge in [0.1, 0.15) is 29.7 Å². The number of benzene rings is 4. The van der Waals surface area contributed by atoms with Crippen LogP contribution < -0.4 is 49.1 Å². The summed E-state index contributed by atoms with van der Waals surface area (Å²) >= 11 is 0. The Kier molecular flexibility index (Phi) is 20.0. The summed E-state index contributed by atoms with van der Waals surface area (Å²) in [7, 11) is 7.68. The van der Waals surface area contributed by atoms with Crippen molar-refractivity contribution in [1.82, 2.24) is 25.8 Å². The second-order valence-electron chi connectivity index (χ2n) is 18.9. The van der Waals surface area contributed by atoms with Gasteiger partial charge in [-0.05, 0) is 123 Å². The number of fused-ring (bicyclic) bond motifs is 1. The van der Waals surface area contributed by atoms with Gasteiger partial charge in [-0.1, -0.05) is 31.2 Å². The molecule has 4 aromatic rings. The Morgan fingerprint density at radius 2 is 1.40 bits per heavy atom. The van der Waals surface area contributed by atoms with E-state index in [1.54, 1.807) is 67.7 Å². The molecule has 0 radical (unpaired) electrons. The zero-order valence-corrected chi connectivity index (χ0v) is 44.6. The molecule has 77 heavy (non-hydrogen) atoms. The second-order valence-corrected chi connectivity index (χ2v) is 18.9. The molecule has 0 aliphatic carbocycles. The van der Waals surface area contributed by atoms with E-state index in [9.17, 15) is 33.6 Å². The Morgan fingerprint density at radius 1 is 0.714 bits per heavy atom. The van der Waals surface area contributed by atoms with Gasteiger partial charge < -0.3 is 58.3 Å². The Balaban J connectivity index is 0.916. The molecule has 4 aromatic carbocycles. The fraction of sp³-hybridized carbons (Fsp3) is 0.456. The molecular weight excluding hydrogens is 995 g/mol. The fourth-order valence-electron chi connectivity index (χ4n) is 9.94. The molecule has 7 rings (SSSR count). The van der Waals surface area contributed by atoms with E-state index in [1.165, 1.54) is 26.2 Å². The summed E-state index contributed by atoms with van der Waals surface area (Å²) in [5, 5.41) is 7.93. The maximum absolute atomic E-state index is 14.5. The van der Waals surface area contributed by atoms with E-state index in [0.29, 0.717) is 121 Å². The molecule has 0 saturated carbocycles. The van der Waals surface area contributed by atoms with E-state index in [1.807, 2.05) is 31.2 Å². The number of rotatable bonds is 26. The van der Waals surface area contributed by atoms with Crippen LogP contribution in [0.1, 0.15) is 109 Å². The number of likely N-dealkylation sites (tertiary alicyclic amines) is 1. The third-order valence-corrected chi connectivity index (χ3v) is 14.0. The number of ether oxygens (including phenoxy) is 8. The van der Waals surface area contributed by atoms with E-state index >= 15 is 0 Å². The lowest BCUT2D eigenvalue weighted by Gasteiger charge is -2.37. The zero-order valence-electron chi connectivity index (χ0n) is 44.6. The number of carbonyl (C=O) groups excluding carboxylic acids is 7. The van der Waals surface area contributed by atoms with E-state index in [4.69, 9.17) is 37.9 Å². The number of piperidine rings is 2. The van der Waals surface area contributed by atoms with Gasteiger partial charge in [0.25, 0.3) is 17.7 Å². The third-order valence-electron chi connectivity index (χ3n) is 14.0. The van der Waals surface area contributed by atoms with E-state index < -0.39 is 36.0 Å². The standard InChI is InChI=1S/C57H69N5O15/c1-7-39(37-30-48(72-4)53(74-6)49(31-37)73-5)55(67)61-27-11-8-17-43(61)57(69)77-44(22-19-35-20-23-46(70-2)47(28-35)71-3)36-14-12-15-38(29-36)75-33-51(64)58-25-9-10-26-59-52(65)34-76-45-18-13-16-40-41(45)32-62(56(40)68)42-21-24-50(63)60-54(42)66/h12-16,18,20,23,28-31,39,42-44H,7-11,17,19,21-22,24-27,32-34H2,1-6H3,(H,58,64)(H,59,65)(H,60,63,66)/t39-,42?,43-,44+/m0/s1. The Labute approximate surface area is 448 Å². The van der Waals surface area contributed by atoms with Crippen LogP contribution in [0.3, 0.4) is 0 Å². The summed E-state index contributed by atoms with van der Waals surface area (Å²) in [6.45, 7) is 2.51. The normalized spacial score (nSPS) is 16.8. The van der Waals surface area contributed by atoms with Gasteiger partial charge in [0.05, 0.1) is 48.0 Å². The maximum atomic E-state index is 14.5. The Morgan fingerprint density at radius 3 is 2.06 bits per heavy atom. The van der Waals surface area contributed by atoms with Crippen molar-refractivity contribution in [2.45, 2.75) is 102 Å². The first-order valence-electron chi connectivity index (χ1n) is 26.0. The van der Waals surface area contributed by atoms with Crippen LogP contribution in [0.5, 0.6) is 40.2 Å². The summed E-state index contributed by atoms with van der Waals surface area (Å²) in [6, 6.07) is 19.6. The van der Waals surface area contributed by atoms with Crippen molar-refractivity contribution in [1.29, 1.82) is 0 Å². The number of hydrogen-bond donors (Lipinski definition) is 3. The first-order valence-corrected chi connectivity index (χ1v) is 26.0. The monoisotopic (exact) mass is 1060 g/mol. The predicted octanol–water partition coefficient (Wildman–Crippen LogP) is 5.75. The zero-order chi connectivity index (χ0) is 55.0. The number of hydrogen-bond acceptors (Lipinski definition) is 15. The fourth-order valence-corrected chi connectivity index (χ4v) is 9.94. The second kappa shape index (κ2) is 27.1. The highest BCUT2D eigenvalue weighted by Gasteiger charge is 2.41. The van der Waals surface area contributed by atoms with Crippen molar-refractivity contribution >= 4 is 41.4 Å². The topological polar surface area (TPSA) is 236 Å². The summed E-state index contributed by atoms with van der Waals surface area (Å²) in [4.78, 5) is 94.9. The molecule has 1 unspecified atom stereocenters. The highest BCUT2D eigenvalue weighted by atomic mass is 16.5. The van der Waals surface area contributed by atoms with Crippen LogP contribution in [-0.2, 0) is 46.5 Å². The average Bonchev–Trinajstić information content (AvgIpc) is 3.81. The SMILES string of the molecule is CC[C@H](C(=O)N1CCCC[C@H]1C(=O)O[C@H](CCc1ccc(OC)c(OC)c1)c1cccc(OCC(=O)NCCCCNC(=O)COc2cccc3c2CN(C2CCC(=O)NC2=O)C3=O)c1)c1cc(OC)c(OC)c(OC)c1. The van der Waals surface area contributed by atoms with E-state index in [2.05, 4.69) is 16.0 Å². The molecule has 6 amide bonds. The number of unbranched alkanes of at least 4 members (excludes halogenated alkanes) is 1. The highest BCUT2D eigenvalue weighted by molar-refractivity contribution is 6.05. The molecule has 3 N–H and O–H groups in total. The minimum Gasteiger partial charge on any atom is -0.493 e. The van der Waals surface area contributed by atoms with Crippen LogP contribution in [0, 0.1) is 0 Å². The number of aryl methyl sites for hydroxylation is 1. The lowest BCUT2D eigenvalue weighted by atomic mass is 9.91. The molecule has 2 saturated heterocycles. The molecule has 0 aromatic heterocycles. The molecule has 4 atom stereocenters. The van der Waals surface area contributed by atoms with Gasteiger partial charge >= 0.3 is 5.97 Å². The van der Waals surface area contributed by atoms with Gasteiger partial charge in [0, 0.05) is 37.2 Å². The van der Waals surface area contributed by atoms with E-state index in [0.717, 1.165) is 18.4 Å². The summed E-state index contributed by atoms with van der Waals surface area (Å²) in [5.74, 6) is -0.126. The van der Waals surface area contributed by atoms with Crippen molar-refractivity contribution < 1.29 is 71.5 Å². The number of nitrogens with zero attached hydrogens (tertiary/aromatic N) is 2. The van der Waals surface area contributed by atoms with Gasteiger partial charge in [0.2, 0.25) is 23.5 Å². The van der Waals surface area contributed by atoms with Crippen LogP contribution >= 0.6 is 0 Å². The van der Waals surface area contributed by atoms with E-state index in [-0.39, 0.29) is 62.1 Å². The van der Waals surface area contributed by atoms with Gasteiger partial charge in [-0.15, -0.1) is 0 Å². The minimum absolute atomic E-state index is 0.120. The molecule has 412 valence electrons. The lowest BCUT2D eigenvalue weighted by molar-refractivity contribution is -0.162. The number of nitrogens with one attached hydrogen (secondary N) is 3. The summed E-state index contributed by atoms with van der Waals surface area (Å²) in [5.41, 5.74) is 3.19. The summed E-state index contributed by atoms with van der Waals surface area (Å²) < 4.78 is 45.9. The quantitative estimate of drug-likeness (QED) is 0.0386. The molecular formula is C57H69N5O15. The average molecular weight is 1060 g/mol.